The van der Waals surface area contributed by atoms with Gasteiger partial charge in [-0.25, -0.2) is 13.2 Å². The number of ether oxygens (including phenoxy) is 1. The summed E-state index contributed by atoms with van der Waals surface area (Å²) in [6.45, 7) is 0. The fourth-order valence-corrected chi connectivity index (χ4v) is 3.00. The van der Waals surface area contributed by atoms with Crippen LogP contribution < -0.4 is 0 Å². The lowest BCUT2D eigenvalue weighted by Crippen LogP contribution is -2.30. The van der Waals surface area contributed by atoms with Crippen molar-refractivity contribution in [3.63, 3.8) is 0 Å². The SMILES string of the molecule is CS(=O)(=O)c1ccc(Cl)c(C(=O)OC2CCCCC2=O)c1. The predicted octanol–water partition coefficient (Wildman–Crippen LogP) is 2.41. The van der Waals surface area contributed by atoms with Gasteiger partial charge in [0.2, 0.25) is 0 Å². The smallest absolute Gasteiger partial charge is 0.340 e. The van der Waals surface area contributed by atoms with Crippen LogP contribution in [0.4, 0.5) is 0 Å². The third kappa shape index (κ3) is 3.83. The number of sulfone groups is 1. The van der Waals surface area contributed by atoms with Crippen molar-refractivity contribution in [2.24, 2.45) is 0 Å². The van der Waals surface area contributed by atoms with E-state index in [2.05, 4.69) is 0 Å². The van der Waals surface area contributed by atoms with Gasteiger partial charge in [-0.15, -0.1) is 0 Å². The van der Waals surface area contributed by atoms with Gasteiger partial charge in [-0.3, -0.25) is 4.79 Å². The number of carbonyl (C=O) groups excluding carboxylic acids is 2. The molecule has 1 atom stereocenters. The van der Waals surface area contributed by atoms with E-state index in [9.17, 15) is 18.0 Å². The van der Waals surface area contributed by atoms with Crippen molar-refractivity contribution in [1.29, 1.82) is 0 Å². The summed E-state index contributed by atoms with van der Waals surface area (Å²) in [5, 5.41) is 0.0932. The molecule has 0 aliphatic heterocycles. The lowest BCUT2D eigenvalue weighted by atomic mass is 9.96. The first-order valence-electron chi connectivity index (χ1n) is 6.52. The van der Waals surface area contributed by atoms with Crippen LogP contribution in [0.5, 0.6) is 0 Å². The number of hydrogen-bond acceptors (Lipinski definition) is 5. The van der Waals surface area contributed by atoms with Gasteiger partial charge in [0.05, 0.1) is 15.5 Å². The average molecular weight is 331 g/mol. The normalized spacial score (nSPS) is 19.3. The van der Waals surface area contributed by atoms with Gasteiger partial charge < -0.3 is 4.74 Å². The number of halogens is 1. The number of carbonyl (C=O) groups is 2. The molecule has 0 heterocycles. The van der Waals surface area contributed by atoms with E-state index in [1.165, 1.54) is 18.2 Å². The van der Waals surface area contributed by atoms with Gasteiger partial charge in [-0.05, 0) is 37.5 Å². The van der Waals surface area contributed by atoms with Crippen molar-refractivity contribution < 1.29 is 22.7 Å². The van der Waals surface area contributed by atoms with Gasteiger partial charge in [0.15, 0.2) is 21.7 Å². The van der Waals surface area contributed by atoms with E-state index < -0.39 is 21.9 Å². The number of ketones is 1. The Balaban J connectivity index is 2.24. The van der Waals surface area contributed by atoms with Crippen LogP contribution in [0.1, 0.15) is 36.0 Å². The van der Waals surface area contributed by atoms with Crippen LogP contribution in [0.15, 0.2) is 23.1 Å². The summed E-state index contributed by atoms with van der Waals surface area (Å²) in [5.41, 5.74) is -0.0436. The summed E-state index contributed by atoms with van der Waals surface area (Å²) in [6, 6.07) is 3.82. The first-order valence-corrected chi connectivity index (χ1v) is 8.79. The molecule has 1 unspecified atom stereocenters. The molecule has 0 radical (unpaired) electrons. The maximum atomic E-state index is 12.1. The number of hydrogen-bond donors (Lipinski definition) is 0. The molecule has 5 nitrogen and oxygen atoms in total. The Hall–Kier alpha value is -1.40. The molecule has 0 spiro atoms. The first-order chi connectivity index (χ1) is 9.79. The molecule has 0 aromatic heterocycles. The summed E-state index contributed by atoms with van der Waals surface area (Å²) < 4.78 is 28.2. The summed E-state index contributed by atoms with van der Waals surface area (Å²) in [6.07, 6.45) is 2.79. The highest BCUT2D eigenvalue weighted by Gasteiger charge is 2.27. The van der Waals surface area contributed by atoms with Crippen molar-refractivity contribution >= 4 is 33.2 Å². The molecule has 0 bridgehead atoms. The Kier molecular flexibility index (Phi) is 4.68. The molecule has 114 valence electrons. The van der Waals surface area contributed by atoms with Gasteiger partial charge in [0, 0.05) is 12.7 Å². The van der Waals surface area contributed by atoms with Crippen molar-refractivity contribution in [3.05, 3.63) is 28.8 Å². The van der Waals surface area contributed by atoms with Crippen molar-refractivity contribution in [1.82, 2.24) is 0 Å². The minimum atomic E-state index is -3.45. The molecule has 0 N–H and O–H groups in total. The third-order valence-electron chi connectivity index (χ3n) is 3.33. The Bertz CT molecular complexity index is 681. The van der Waals surface area contributed by atoms with E-state index in [1.807, 2.05) is 0 Å². The molecule has 1 aliphatic carbocycles. The van der Waals surface area contributed by atoms with E-state index in [-0.39, 0.29) is 21.3 Å². The molecule has 1 fully saturated rings. The molecule has 2 rings (SSSR count). The highest BCUT2D eigenvalue weighted by Crippen LogP contribution is 2.24. The third-order valence-corrected chi connectivity index (χ3v) is 4.77. The minimum Gasteiger partial charge on any atom is -0.451 e. The van der Waals surface area contributed by atoms with Crippen LogP contribution >= 0.6 is 11.6 Å². The molecule has 1 aromatic rings. The molecule has 0 saturated heterocycles. The largest absolute Gasteiger partial charge is 0.451 e. The van der Waals surface area contributed by atoms with E-state index in [4.69, 9.17) is 16.3 Å². The highest BCUT2D eigenvalue weighted by atomic mass is 35.5. The first kappa shape index (κ1) is 16.0. The van der Waals surface area contributed by atoms with Crippen LogP contribution in [0.25, 0.3) is 0 Å². The molecule has 1 aromatic carbocycles. The Morgan fingerprint density at radius 1 is 1.33 bits per heavy atom. The number of Topliss-reactive ketones (excluding diaryl/α,β-unsaturated/α-hetero) is 1. The van der Waals surface area contributed by atoms with Crippen molar-refractivity contribution in [2.75, 3.05) is 6.26 Å². The van der Waals surface area contributed by atoms with E-state index >= 15 is 0 Å². The second-order valence-corrected chi connectivity index (χ2v) is 7.44. The van der Waals surface area contributed by atoms with E-state index in [0.29, 0.717) is 12.8 Å². The zero-order chi connectivity index (χ0) is 15.6. The lowest BCUT2D eigenvalue weighted by molar-refractivity contribution is -0.129. The minimum absolute atomic E-state index is 0.0196. The summed E-state index contributed by atoms with van der Waals surface area (Å²) >= 11 is 5.91. The topological polar surface area (TPSA) is 77.5 Å². The van der Waals surface area contributed by atoms with Gasteiger partial charge in [0.1, 0.15) is 0 Å². The predicted molar refractivity (Wildman–Crippen MR) is 77.2 cm³/mol. The van der Waals surface area contributed by atoms with Crippen LogP contribution in [-0.2, 0) is 19.4 Å². The fraction of sp³-hybridized carbons (Fsp3) is 0.429. The van der Waals surface area contributed by atoms with Gasteiger partial charge in [-0.1, -0.05) is 11.6 Å². The standard InChI is InChI=1S/C14H15ClO5S/c1-21(18,19)9-6-7-11(15)10(8-9)14(17)20-13-5-3-2-4-12(13)16/h6-8,13H,2-5H2,1H3. The monoisotopic (exact) mass is 330 g/mol. The molecular weight excluding hydrogens is 316 g/mol. The average Bonchev–Trinajstić information content (AvgIpc) is 2.40. The molecular formula is C14H15ClO5S. The second-order valence-electron chi connectivity index (χ2n) is 5.02. The molecule has 1 aliphatic rings. The molecule has 1 saturated carbocycles. The quantitative estimate of drug-likeness (QED) is 0.795. The van der Waals surface area contributed by atoms with E-state index in [1.54, 1.807) is 0 Å². The van der Waals surface area contributed by atoms with Crippen LogP contribution in [-0.4, -0.2) is 32.5 Å². The van der Waals surface area contributed by atoms with Gasteiger partial charge >= 0.3 is 5.97 Å². The maximum Gasteiger partial charge on any atom is 0.340 e. The lowest BCUT2D eigenvalue weighted by Gasteiger charge is -2.21. The maximum absolute atomic E-state index is 12.1. The number of benzene rings is 1. The molecule has 0 amide bonds. The Morgan fingerprint density at radius 3 is 2.67 bits per heavy atom. The zero-order valence-corrected chi connectivity index (χ0v) is 13.0. The summed E-state index contributed by atoms with van der Waals surface area (Å²) in [7, 11) is -3.45. The van der Waals surface area contributed by atoms with E-state index in [0.717, 1.165) is 19.1 Å². The van der Waals surface area contributed by atoms with Crippen LogP contribution in [0, 0.1) is 0 Å². The summed E-state index contributed by atoms with van der Waals surface area (Å²) in [4.78, 5) is 23.8. The zero-order valence-electron chi connectivity index (χ0n) is 11.5. The second kappa shape index (κ2) is 6.15. The molecule has 21 heavy (non-hydrogen) atoms. The highest BCUT2D eigenvalue weighted by molar-refractivity contribution is 7.90. The van der Waals surface area contributed by atoms with Crippen molar-refractivity contribution in [2.45, 2.75) is 36.7 Å². The van der Waals surface area contributed by atoms with Gasteiger partial charge in [0.25, 0.3) is 0 Å². The Labute approximate surface area is 128 Å². The van der Waals surface area contributed by atoms with Crippen molar-refractivity contribution in [3.8, 4) is 0 Å². The van der Waals surface area contributed by atoms with Crippen LogP contribution in [0.2, 0.25) is 5.02 Å². The molecule has 7 heteroatoms. The summed E-state index contributed by atoms with van der Waals surface area (Å²) in [5.74, 6) is -0.879. The Morgan fingerprint density at radius 2 is 2.05 bits per heavy atom. The van der Waals surface area contributed by atoms with Crippen LogP contribution in [0.3, 0.4) is 0 Å². The van der Waals surface area contributed by atoms with Gasteiger partial charge in [-0.2, -0.15) is 0 Å². The number of rotatable bonds is 3. The fourth-order valence-electron chi connectivity index (χ4n) is 2.16. The number of esters is 1.